The topological polar surface area (TPSA) is 28.7 Å². The van der Waals surface area contributed by atoms with Crippen LogP contribution in [-0.2, 0) is 0 Å². The molecule has 1 heterocycles. The van der Waals surface area contributed by atoms with Crippen molar-refractivity contribution in [3.8, 4) is 22.6 Å². The van der Waals surface area contributed by atoms with E-state index in [9.17, 15) is 0 Å². The Bertz CT molecular complexity index is 765. The molecule has 0 amide bonds. The van der Waals surface area contributed by atoms with E-state index in [1.165, 1.54) is 0 Å². The van der Waals surface area contributed by atoms with Gasteiger partial charge in [-0.05, 0) is 31.2 Å². The number of benzene rings is 2. The van der Waals surface area contributed by atoms with Gasteiger partial charge in [0.25, 0.3) is 0 Å². The van der Waals surface area contributed by atoms with Crippen LogP contribution in [0.5, 0.6) is 0 Å². The molecule has 0 aliphatic rings. The maximum absolute atomic E-state index is 6.03. The maximum Gasteiger partial charge on any atom is 0.138 e. The Balaban J connectivity index is 2.08. The van der Waals surface area contributed by atoms with Gasteiger partial charge in [-0.15, -0.1) is 0 Å². The largest absolute Gasteiger partial charge is 0.342 e. The first-order valence-electron chi connectivity index (χ1n) is 6.22. The lowest BCUT2D eigenvalue weighted by Crippen LogP contribution is -1.81. The number of rotatable bonds is 2. The summed E-state index contributed by atoms with van der Waals surface area (Å²) >= 11 is 9.52. The molecule has 3 aromatic rings. The van der Waals surface area contributed by atoms with Gasteiger partial charge in [-0.2, -0.15) is 0 Å². The molecule has 1 aromatic heterocycles. The molecule has 2 aromatic carbocycles. The fourth-order valence-electron chi connectivity index (χ4n) is 2.15. The second kappa shape index (κ2) is 5.43. The summed E-state index contributed by atoms with van der Waals surface area (Å²) in [6, 6.07) is 15.8. The van der Waals surface area contributed by atoms with E-state index in [0.717, 1.165) is 32.8 Å². The van der Waals surface area contributed by atoms with Gasteiger partial charge in [0.2, 0.25) is 0 Å². The Morgan fingerprint density at radius 2 is 1.80 bits per heavy atom. The van der Waals surface area contributed by atoms with Gasteiger partial charge in [0.1, 0.15) is 5.82 Å². The number of imidazole rings is 1. The SMILES string of the molecule is Cc1[nH]c(-c2cccc(Cl)c2)nc1-c1cccc(Br)c1. The molecule has 3 rings (SSSR count). The Labute approximate surface area is 131 Å². The van der Waals surface area contributed by atoms with Crippen molar-refractivity contribution in [2.45, 2.75) is 6.92 Å². The average Bonchev–Trinajstić information content (AvgIpc) is 2.81. The summed E-state index contributed by atoms with van der Waals surface area (Å²) in [5.41, 5.74) is 4.07. The smallest absolute Gasteiger partial charge is 0.138 e. The van der Waals surface area contributed by atoms with E-state index in [2.05, 4.69) is 33.0 Å². The predicted octanol–water partition coefficient (Wildman–Crippen LogP) is 5.47. The van der Waals surface area contributed by atoms with Gasteiger partial charge >= 0.3 is 0 Å². The fraction of sp³-hybridized carbons (Fsp3) is 0.0625. The molecule has 20 heavy (non-hydrogen) atoms. The number of hydrogen-bond acceptors (Lipinski definition) is 1. The molecule has 0 atom stereocenters. The van der Waals surface area contributed by atoms with Crippen molar-refractivity contribution in [1.29, 1.82) is 0 Å². The first-order chi connectivity index (χ1) is 9.63. The van der Waals surface area contributed by atoms with E-state index in [1.54, 1.807) is 0 Å². The van der Waals surface area contributed by atoms with E-state index in [4.69, 9.17) is 16.6 Å². The lowest BCUT2D eigenvalue weighted by Gasteiger charge is -1.99. The molecule has 1 N–H and O–H groups in total. The normalized spacial score (nSPS) is 10.8. The van der Waals surface area contributed by atoms with Crippen molar-refractivity contribution in [3.05, 3.63) is 63.7 Å². The van der Waals surface area contributed by atoms with Crippen LogP contribution < -0.4 is 0 Å². The van der Waals surface area contributed by atoms with Crippen LogP contribution in [0.25, 0.3) is 22.6 Å². The van der Waals surface area contributed by atoms with Crippen molar-refractivity contribution in [1.82, 2.24) is 9.97 Å². The molecular formula is C16H12BrClN2. The summed E-state index contributed by atoms with van der Waals surface area (Å²) in [4.78, 5) is 8.02. The molecular weight excluding hydrogens is 336 g/mol. The Morgan fingerprint density at radius 3 is 2.55 bits per heavy atom. The zero-order valence-corrected chi connectivity index (χ0v) is 13.2. The summed E-state index contributed by atoms with van der Waals surface area (Å²) in [5.74, 6) is 0.833. The van der Waals surface area contributed by atoms with Crippen molar-refractivity contribution < 1.29 is 0 Å². The number of nitrogens with zero attached hydrogens (tertiary/aromatic N) is 1. The van der Waals surface area contributed by atoms with Crippen molar-refractivity contribution in [3.63, 3.8) is 0 Å². The number of aromatic amines is 1. The van der Waals surface area contributed by atoms with Gasteiger partial charge in [0, 0.05) is 26.3 Å². The first-order valence-corrected chi connectivity index (χ1v) is 7.39. The summed E-state index contributed by atoms with van der Waals surface area (Å²) in [5, 5.41) is 0.709. The summed E-state index contributed by atoms with van der Waals surface area (Å²) in [6.07, 6.45) is 0. The highest BCUT2D eigenvalue weighted by Crippen LogP contribution is 2.28. The van der Waals surface area contributed by atoms with Crippen LogP contribution in [-0.4, -0.2) is 9.97 Å². The monoisotopic (exact) mass is 346 g/mol. The zero-order valence-electron chi connectivity index (χ0n) is 10.8. The molecule has 0 aliphatic carbocycles. The highest BCUT2D eigenvalue weighted by Gasteiger charge is 2.10. The highest BCUT2D eigenvalue weighted by atomic mass is 79.9. The lowest BCUT2D eigenvalue weighted by atomic mass is 10.1. The van der Waals surface area contributed by atoms with Gasteiger partial charge in [-0.25, -0.2) is 4.98 Å². The van der Waals surface area contributed by atoms with Gasteiger partial charge in [0.05, 0.1) is 5.69 Å². The third-order valence-corrected chi connectivity index (χ3v) is 3.81. The molecule has 0 fully saturated rings. The van der Waals surface area contributed by atoms with Gasteiger partial charge < -0.3 is 4.98 Å². The number of halogens is 2. The van der Waals surface area contributed by atoms with E-state index in [-0.39, 0.29) is 0 Å². The molecule has 0 bridgehead atoms. The van der Waals surface area contributed by atoms with Crippen molar-refractivity contribution in [2.75, 3.05) is 0 Å². The Kier molecular flexibility index (Phi) is 3.64. The molecule has 0 aliphatic heterocycles. The molecule has 2 nitrogen and oxygen atoms in total. The summed E-state index contributed by atoms with van der Waals surface area (Å²) < 4.78 is 1.04. The van der Waals surface area contributed by atoms with Crippen LogP contribution in [0.2, 0.25) is 5.02 Å². The Morgan fingerprint density at radius 1 is 1.05 bits per heavy atom. The lowest BCUT2D eigenvalue weighted by molar-refractivity contribution is 1.26. The second-order valence-corrected chi connectivity index (χ2v) is 5.93. The molecule has 0 saturated heterocycles. The molecule has 4 heteroatoms. The third-order valence-electron chi connectivity index (χ3n) is 3.08. The quantitative estimate of drug-likeness (QED) is 0.654. The van der Waals surface area contributed by atoms with E-state index in [0.29, 0.717) is 5.02 Å². The minimum absolute atomic E-state index is 0.709. The van der Waals surface area contributed by atoms with Gasteiger partial charge in [0.15, 0.2) is 0 Å². The molecule has 0 radical (unpaired) electrons. The van der Waals surface area contributed by atoms with E-state index in [1.807, 2.05) is 43.3 Å². The molecule has 0 spiro atoms. The van der Waals surface area contributed by atoms with Crippen molar-refractivity contribution >= 4 is 27.5 Å². The summed E-state index contributed by atoms with van der Waals surface area (Å²) in [6.45, 7) is 2.03. The van der Waals surface area contributed by atoms with E-state index < -0.39 is 0 Å². The second-order valence-electron chi connectivity index (χ2n) is 4.58. The minimum atomic E-state index is 0.709. The Hall–Kier alpha value is -1.58. The molecule has 100 valence electrons. The standard InChI is InChI=1S/C16H12BrClN2/c1-10-15(11-4-2-6-13(17)8-11)20-16(19-10)12-5-3-7-14(18)9-12/h2-9H,1H3,(H,19,20). The van der Waals surface area contributed by atoms with Crippen LogP contribution in [0, 0.1) is 6.92 Å². The third kappa shape index (κ3) is 2.65. The minimum Gasteiger partial charge on any atom is -0.342 e. The van der Waals surface area contributed by atoms with Crippen molar-refractivity contribution in [2.24, 2.45) is 0 Å². The number of aryl methyl sites for hydroxylation is 1. The van der Waals surface area contributed by atoms with E-state index >= 15 is 0 Å². The zero-order chi connectivity index (χ0) is 14.1. The van der Waals surface area contributed by atoms with Crippen LogP contribution in [0.1, 0.15) is 5.69 Å². The number of nitrogens with one attached hydrogen (secondary N) is 1. The summed E-state index contributed by atoms with van der Waals surface area (Å²) in [7, 11) is 0. The fourth-order valence-corrected chi connectivity index (χ4v) is 2.74. The highest BCUT2D eigenvalue weighted by molar-refractivity contribution is 9.10. The van der Waals surface area contributed by atoms with Gasteiger partial charge in [-0.3, -0.25) is 0 Å². The van der Waals surface area contributed by atoms with Gasteiger partial charge in [-0.1, -0.05) is 51.8 Å². The maximum atomic E-state index is 6.03. The molecule has 0 saturated carbocycles. The van der Waals surface area contributed by atoms with Crippen LogP contribution in [0.4, 0.5) is 0 Å². The number of H-pyrrole nitrogens is 1. The number of hydrogen-bond donors (Lipinski definition) is 1. The average molecular weight is 348 g/mol. The first kappa shape index (κ1) is 13.4. The van der Waals surface area contributed by atoms with Crippen LogP contribution in [0.3, 0.4) is 0 Å². The molecule has 0 unspecified atom stereocenters. The number of aromatic nitrogens is 2. The van der Waals surface area contributed by atoms with Crippen LogP contribution >= 0.6 is 27.5 Å². The van der Waals surface area contributed by atoms with Crippen LogP contribution in [0.15, 0.2) is 53.0 Å². The predicted molar refractivity (Wildman–Crippen MR) is 86.9 cm³/mol.